The summed E-state index contributed by atoms with van der Waals surface area (Å²) < 4.78 is 2.01. The molecule has 2 aromatic rings. The van der Waals surface area contributed by atoms with Gasteiger partial charge in [-0.2, -0.15) is 0 Å². The third-order valence-corrected chi connectivity index (χ3v) is 2.19. The second-order valence-corrected chi connectivity index (χ2v) is 3.33. The van der Waals surface area contributed by atoms with E-state index in [9.17, 15) is 0 Å². The number of nitrogens with zero attached hydrogens (tertiary/aromatic N) is 3. The average Bonchev–Trinajstić information content (AvgIpc) is 2.49. The van der Waals surface area contributed by atoms with Crippen molar-refractivity contribution >= 4 is 11.3 Å². The zero-order chi connectivity index (χ0) is 10.3. The Morgan fingerprint density at radius 2 is 1.86 bits per heavy atom. The van der Waals surface area contributed by atoms with Crippen LogP contribution in [0, 0.1) is 13.8 Å². The van der Waals surface area contributed by atoms with E-state index in [0.717, 1.165) is 17.0 Å². The van der Waals surface area contributed by atoms with Crippen LogP contribution < -0.4 is 5.73 Å². The topological polar surface area (TPSA) is 56.2 Å². The molecule has 72 valence electrons. The van der Waals surface area contributed by atoms with Crippen LogP contribution in [0.3, 0.4) is 0 Å². The fourth-order valence-corrected chi connectivity index (χ4v) is 1.55. The molecule has 0 atom stereocenters. The van der Waals surface area contributed by atoms with E-state index in [4.69, 9.17) is 5.73 Å². The highest BCUT2D eigenvalue weighted by molar-refractivity contribution is 5.69. The van der Waals surface area contributed by atoms with E-state index in [1.807, 2.05) is 18.2 Å². The summed E-state index contributed by atoms with van der Waals surface area (Å²) in [4.78, 5) is 8.47. The first-order chi connectivity index (χ1) is 6.61. The number of hydrogen-bond acceptors (Lipinski definition) is 3. The molecule has 2 N–H and O–H groups in total. The number of rotatable bonds is 1. The Labute approximate surface area is 82.1 Å². The highest BCUT2D eigenvalue weighted by Gasteiger charge is 2.09. The molecular weight excluding hydrogens is 176 g/mol. The smallest absolute Gasteiger partial charge is 0.165 e. The monoisotopic (exact) mass is 188 g/mol. The van der Waals surface area contributed by atoms with Crippen LogP contribution in [0.15, 0.2) is 19.0 Å². The lowest BCUT2D eigenvalue weighted by Gasteiger charge is -2.05. The van der Waals surface area contributed by atoms with Crippen LogP contribution in [0.1, 0.15) is 17.1 Å². The minimum atomic E-state index is 0.445. The van der Waals surface area contributed by atoms with Crippen molar-refractivity contribution in [1.82, 2.24) is 14.4 Å². The maximum Gasteiger partial charge on any atom is 0.165 e. The molecule has 2 heterocycles. The third kappa shape index (κ3) is 1.08. The van der Waals surface area contributed by atoms with E-state index >= 15 is 0 Å². The van der Waals surface area contributed by atoms with E-state index in [-0.39, 0.29) is 0 Å². The Bertz CT molecular complexity index is 510. The fourth-order valence-electron chi connectivity index (χ4n) is 1.55. The van der Waals surface area contributed by atoms with Crippen LogP contribution in [0.2, 0.25) is 0 Å². The van der Waals surface area contributed by atoms with Crippen molar-refractivity contribution in [1.29, 1.82) is 0 Å². The molecule has 0 aliphatic rings. The van der Waals surface area contributed by atoms with Gasteiger partial charge in [-0.25, -0.2) is 9.97 Å². The number of aryl methyl sites for hydroxylation is 2. The van der Waals surface area contributed by atoms with Crippen molar-refractivity contribution in [3.8, 4) is 0 Å². The SMILES string of the molecule is C=C(N)c1ncc(C)n2c(C)cnc12. The van der Waals surface area contributed by atoms with Crippen LogP contribution in [0.4, 0.5) is 0 Å². The molecule has 0 spiro atoms. The molecule has 0 aromatic carbocycles. The minimum absolute atomic E-state index is 0.445. The second-order valence-electron chi connectivity index (χ2n) is 3.33. The summed E-state index contributed by atoms with van der Waals surface area (Å²) in [5, 5.41) is 0. The molecule has 0 amide bonds. The fraction of sp³-hybridized carbons (Fsp3) is 0.200. The summed E-state index contributed by atoms with van der Waals surface area (Å²) in [6.45, 7) is 7.66. The Hall–Kier alpha value is -1.84. The van der Waals surface area contributed by atoms with Gasteiger partial charge in [0.05, 0.1) is 5.70 Å². The molecule has 0 aliphatic heterocycles. The van der Waals surface area contributed by atoms with Crippen molar-refractivity contribution in [3.05, 3.63) is 36.1 Å². The molecule has 0 saturated carbocycles. The van der Waals surface area contributed by atoms with Gasteiger partial charge in [0.2, 0.25) is 0 Å². The maximum atomic E-state index is 5.63. The minimum Gasteiger partial charge on any atom is -0.397 e. The molecule has 0 radical (unpaired) electrons. The lowest BCUT2D eigenvalue weighted by Crippen LogP contribution is -2.04. The van der Waals surface area contributed by atoms with Crippen molar-refractivity contribution in [2.45, 2.75) is 13.8 Å². The van der Waals surface area contributed by atoms with E-state index in [1.54, 1.807) is 12.4 Å². The molecule has 0 bridgehead atoms. The summed E-state index contributed by atoms with van der Waals surface area (Å²) in [7, 11) is 0. The summed E-state index contributed by atoms with van der Waals surface area (Å²) in [6, 6.07) is 0. The zero-order valence-electron chi connectivity index (χ0n) is 8.28. The predicted molar refractivity (Wildman–Crippen MR) is 55.7 cm³/mol. The number of fused-ring (bicyclic) bond motifs is 1. The Balaban J connectivity index is 2.90. The Morgan fingerprint density at radius 1 is 1.29 bits per heavy atom. The second kappa shape index (κ2) is 2.83. The molecular formula is C10H12N4. The van der Waals surface area contributed by atoms with Gasteiger partial charge < -0.3 is 5.73 Å². The Morgan fingerprint density at radius 3 is 2.43 bits per heavy atom. The molecule has 2 aromatic heterocycles. The standard InChI is InChI=1S/C10H12N4/c1-6-4-12-9(8(3)11)10-13-5-7(2)14(6)10/h4-5H,3,11H2,1-2H3. The lowest BCUT2D eigenvalue weighted by atomic mass is 10.3. The Kier molecular flexibility index (Phi) is 1.77. The molecule has 0 unspecified atom stereocenters. The number of aromatic nitrogens is 3. The molecule has 4 heteroatoms. The van der Waals surface area contributed by atoms with Crippen molar-refractivity contribution in [3.63, 3.8) is 0 Å². The van der Waals surface area contributed by atoms with Gasteiger partial charge in [-0.15, -0.1) is 0 Å². The first-order valence-corrected chi connectivity index (χ1v) is 4.35. The first kappa shape index (κ1) is 8.74. The van der Waals surface area contributed by atoms with E-state index in [2.05, 4.69) is 16.5 Å². The quantitative estimate of drug-likeness (QED) is 0.733. The van der Waals surface area contributed by atoms with Gasteiger partial charge in [-0.1, -0.05) is 6.58 Å². The first-order valence-electron chi connectivity index (χ1n) is 4.35. The van der Waals surface area contributed by atoms with Gasteiger partial charge in [0.15, 0.2) is 5.65 Å². The van der Waals surface area contributed by atoms with Gasteiger partial charge in [-0.05, 0) is 13.8 Å². The lowest BCUT2D eigenvalue weighted by molar-refractivity contribution is 0.997. The summed E-state index contributed by atoms with van der Waals surface area (Å²) in [6.07, 6.45) is 3.57. The summed E-state index contributed by atoms with van der Waals surface area (Å²) in [5.41, 5.74) is 9.62. The van der Waals surface area contributed by atoms with E-state index in [0.29, 0.717) is 11.4 Å². The van der Waals surface area contributed by atoms with Gasteiger partial charge in [0.25, 0.3) is 0 Å². The van der Waals surface area contributed by atoms with Gasteiger partial charge >= 0.3 is 0 Å². The molecule has 0 fully saturated rings. The van der Waals surface area contributed by atoms with E-state index in [1.165, 1.54) is 0 Å². The van der Waals surface area contributed by atoms with Gasteiger partial charge in [0, 0.05) is 23.8 Å². The normalized spacial score (nSPS) is 10.7. The van der Waals surface area contributed by atoms with Crippen molar-refractivity contribution in [2.75, 3.05) is 0 Å². The van der Waals surface area contributed by atoms with Crippen LogP contribution in [0.25, 0.3) is 11.3 Å². The van der Waals surface area contributed by atoms with Crippen LogP contribution in [-0.2, 0) is 0 Å². The van der Waals surface area contributed by atoms with Gasteiger partial charge in [-0.3, -0.25) is 4.40 Å². The average molecular weight is 188 g/mol. The number of nitrogens with two attached hydrogens (primary N) is 1. The van der Waals surface area contributed by atoms with Crippen molar-refractivity contribution < 1.29 is 0 Å². The zero-order valence-corrected chi connectivity index (χ0v) is 8.28. The number of hydrogen-bond donors (Lipinski definition) is 1. The van der Waals surface area contributed by atoms with E-state index < -0.39 is 0 Å². The summed E-state index contributed by atoms with van der Waals surface area (Å²) in [5.74, 6) is 0. The molecule has 4 nitrogen and oxygen atoms in total. The van der Waals surface area contributed by atoms with Crippen LogP contribution in [0.5, 0.6) is 0 Å². The predicted octanol–water partition coefficient (Wildman–Crippen LogP) is 1.28. The molecule has 0 saturated heterocycles. The molecule has 14 heavy (non-hydrogen) atoms. The third-order valence-electron chi connectivity index (χ3n) is 2.19. The largest absolute Gasteiger partial charge is 0.397 e. The number of imidazole rings is 1. The maximum absolute atomic E-state index is 5.63. The highest BCUT2D eigenvalue weighted by Crippen LogP contribution is 2.15. The van der Waals surface area contributed by atoms with Gasteiger partial charge in [0.1, 0.15) is 5.69 Å². The molecule has 2 rings (SSSR count). The van der Waals surface area contributed by atoms with Crippen LogP contribution >= 0.6 is 0 Å². The van der Waals surface area contributed by atoms with Crippen LogP contribution in [-0.4, -0.2) is 14.4 Å². The summed E-state index contributed by atoms with van der Waals surface area (Å²) >= 11 is 0. The van der Waals surface area contributed by atoms with Crippen molar-refractivity contribution in [2.24, 2.45) is 5.73 Å². The molecule has 0 aliphatic carbocycles. The highest BCUT2D eigenvalue weighted by atomic mass is 15.0.